The summed E-state index contributed by atoms with van der Waals surface area (Å²) in [6, 6.07) is 0. The average molecular weight is 261 g/mol. The second-order valence-electron chi connectivity index (χ2n) is 5.40. The Kier molecular flexibility index (Phi) is 7.95. The van der Waals surface area contributed by atoms with Gasteiger partial charge in [0, 0.05) is 0 Å². The highest BCUT2D eigenvalue weighted by molar-refractivity contribution is 5.54. The van der Waals surface area contributed by atoms with E-state index in [1.165, 1.54) is 0 Å². The predicted molar refractivity (Wildman–Crippen MR) is 65.8 cm³/mol. The van der Waals surface area contributed by atoms with Crippen molar-refractivity contribution in [3.8, 4) is 0 Å². The van der Waals surface area contributed by atoms with Gasteiger partial charge in [-0.3, -0.25) is 0 Å². The summed E-state index contributed by atoms with van der Waals surface area (Å²) >= 11 is 0. The van der Waals surface area contributed by atoms with Gasteiger partial charge in [-0.15, -0.1) is 0 Å². The third-order valence-corrected chi connectivity index (χ3v) is 2.31. The summed E-state index contributed by atoms with van der Waals surface area (Å²) in [5.74, 6) is 0. The number of rotatable bonds is 8. The van der Waals surface area contributed by atoms with Gasteiger partial charge in [-0.25, -0.2) is 9.78 Å². The van der Waals surface area contributed by atoms with Crippen molar-refractivity contribution in [1.29, 1.82) is 0 Å². The third kappa shape index (κ3) is 9.24. The van der Waals surface area contributed by atoms with E-state index in [-0.39, 0.29) is 0 Å². The van der Waals surface area contributed by atoms with E-state index in [2.05, 4.69) is 6.92 Å². The largest absolute Gasteiger partial charge is 0.544 e. The Bertz CT molecular complexity index is 234. The van der Waals surface area contributed by atoms with Crippen LogP contribution in [-0.4, -0.2) is 24.0 Å². The van der Waals surface area contributed by atoms with E-state index in [9.17, 15) is 9.90 Å². The lowest BCUT2D eigenvalue weighted by atomic mass is 10.1. The molecule has 0 aliphatic rings. The van der Waals surface area contributed by atoms with E-state index < -0.39 is 24.0 Å². The number of hydrogen-bond acceptors (Lipinski definition) is 5. The van der Waals surface area contributed by atoms with Crippen molar-refractivity contribution in [2.75, 3.05) is 0 Å². The van der Waals surface area contributed by atoms with Crippen molar-refractivity contribution in [3.63, 3.8) is 0 Å². The fourth-order valence-electron chi connectivity index (χ4n) is 1.39. The van der Waals surface area contributed by atoms with Gasteiger partial charge in [0.2, 0.25) is 0 Å². The molecule has 18 heavy (non-hydrogen) atoms. The molecule has 0 aromatic heterocycles. The Balaban J connectivity index is 4.21. The average Bonchev–Trinajstić information content (AvgIpc) is 2.23. The smallest absolute Gasteiger partial charge is 0.252 e. The van der Waals surface area contributed by atoms with Crippen LogP contribution in [0.15, 0.2) is 0 Å². The molecule has 0 N–H and O–H groups in total. The van der Waals surface area contributed by atoms with Gasteiger partial charge in [0.05, 0.1) is 11.7 Å². The number of unbranched alkanes of at least 4 members (excludes halogenated alkanes) is 2. The molecule has 5 heteroatoms. The second kappa shape index (κ2) is 8.32. The summed E-state index contributed by atoms with van der Waals surface area (Å²) in [5.41, 5.74) is -0.441. The van der Waals surface area contributed by atoms with Crippen molar-refractivity contribution in [3.05, 3.63) is 0 Å². The van der Waals surface area contributed by atoms with Crippen LogP contribution in [0.25, 0.3) is 0 Å². The quantitative estimate of drug-likeness (QED) is 0.290. The van der Waals surface area contributed by atoms with Crippen molar-refractivity contribution >= 4 is 6.16 Å². The summed E-state index contributed by atoms with van der Waals surface area (Å²) in [6.07, 6.45) is 1.05. The summed E-state index contributed by atoms with van der Waals surface area (Å²) in [7, 11) is 0. The van der Waals surface area contributed by atoms with E-state index in [0.717, 1.165) is 19.3 Å². The number of hydrogen-bond donors (Lipinski definition) is 0. The van der Waals surface area contributed by atoms with Gasteiger partial charge in [-0.05, 0) is 34.1 Å². The highest BCUT2D eigenvalue weighted by atomic mass is 17.2. The van der Waals surface area contributed by atoms with Crippen LogP contribution in [0.3, 0.4) is 0 Å². The number of carbonyl (C=O) groups is 1. The van der Waals surface area contributed by atoms with Crippen LogP contribution in [0.5, 0.6) is 0 Å². The molecule has 0 fully saturated rings. The fourth-order valence-corrected chi connectivity index (χ4v) is 1.39. The van der Waals surface area contributed by atoms with Crippen LogP contribution in [0.2, 0.25) is 0 Å². The molecular weight excluding hydrogens is 236 g/mol. The monoisotopic (exact) mass is 261 g/mol. The van der Waals surface area contributed by atoms with Crippen molar-refractivity contribution < 1.29 is 24.4 Å². The van der Waals surface area contributed by atoms with Crippen LogP contribution in [0, 0.1) is 0 Å². The van der Waals surface area contributed by atoms with Crippen LogP contribution >= 0.6 is 0 Å². The Morgan fingerprint density at radius 1 is 1.28 bits per heavy atom. The molecule has 0 aliphatic heterocycles. The first-order chi connectivity index (χ1) is 8.26. The third-order valence-electron chi connectivity index (χ3n) is 2.31. The molecule has 0 amide bonds. The van der Waals surface area contributed by atoms with Gasteiger partial charge in [0.15, 0.2) is 0 Å². The van der Waals surface area contributed by atoms with Crippen molar-refractivity contribution in [2.45, 2.75) is 78.1 Å². The summed E-state index contributed by atoms with van der Waals surface area (Å²) in [4.78, 5) is 20.9. The Morgan fingerprint density at radius 3 is 2.33 bits per heavy atom. The second-order valence-corrected chi connectivity index (χ2v) is 5.40. The first-order valence-corrected chi connectivity index (χ1v) is 6.48. The highest BCUT2D eigenvalue weighted by Gasteiger charge is 2.21. The molecule has 0 saturated heterocycles. The minimum atomic E-state index is -1.53. The number of ether oxygens (including phenoxy) is 1. The topological polar surface area (TPSA) is 67.8 Å². The zero-order valence-corrected chi connectivity index (χ0v) is 12.0. The molecular formula is C13H25O5-. The van der Waals surface area contributed by atoms with Crippen molar-refractivity contribution in [1.82, 2.24) is 0 Å². The lowest BCUT2D eigenvalue weighted by molar-refractivity contribution is -0.384. The lowest BCUT2D eigenvalue weighted by Gasteiger charge is -2.29. The van der Waals surface area contributed by atoms with Crippen LogP contribution in [-0.2, 0) is 14.5 Å². The van der Waals surface area contributed by atoms with E-state index in [1.807, 2.05) is 20.8 Å². The molecule has 0 rings (SSSR count). The molecule has 5 nitrogen and oxygen atoms in total. The Labute approximate surface area is 109 Å². The minimum Gasteiger partial charge on any atom is -0.544 e. The molecule has 0 saturated carbocycles. The van der Waals surface area contributed by atoms with Gasteiger partial charge in [0.25, 0.3) is 6.16 Å². The Hall–Kier alpha value is -0.810. The minimum absolute atomic E-state index is 0.441. The maximum absolute atomic E-state index is 10.5. The van der Waals surface area contributed by atoms with Gasteiger partial charge >= 0.3 is 0 Å². The van der Waals surface area contributed by atoms with Crippen LogP contribution < -0.4 is 5.11 Å². The molecule has 0 bridgehead atoms. The van der Waals surface area contributed by atoms with E-state index in [4.69, 9.17) is 14.5 Å². The molecule has 0 aromatic rings. The molecule has 0 aliphatic carbocycles. The predicted octanol–water partition coefficient (Wildman–Crippen LogP) is 2.43. The summed E-state index contributed by atoms with van der Waals surface area (Å²) in [6.45, 7) is 9.37. The summed E-state index contributed by atoms with van der Waals surface area (Å²) < 4.78 is 4.72. The van der Waals surface area contributed by atoms with E-state index in [0.29, 0.717) is 6.42 Å². The normalized spacial score (nSPS) is 15.2. The maximum atomic E-state index is 10.5. The number of carboxylic acid groups (broad SMARTS) is 1. The SMILES string of the molecule is CCCCCC(OC(=O)[O-])C(C)OOC(C)(C)C. The zero-order chi connectivity index (χ0) is 14.2. The highest BCUT2D eigenvalue weighted by Crippen LogP contribution is 2.16. The molecule has 2 atom stereocenters. The van der Waals surface area contributed by atoms with Gasteiger partial charge in [0.1, 0.15) is 6.10 Å². The molecule has 2 unspecified atom stereocenters. The lowest BCUT2D eigenvalue weighted by Crippen LogP contribution is -2.37. The van der Waals surface area contributed by atoms with Crippen molar-refractivity contribution in [2.24, 2.45) is 0 Å². The zero-order valence-electron chi connectivity index (χ0n) is 12.0. The van der Waals surface area contributed by atoms with Crippen LogP contribution in [0.1, 0.15) is 60.3 Å². The first-order valence-electron chi connectivity index (χ1n) is 6.48. The fraction of sp³-hybridized carbons (Fsp3) is 0.923. The van der Waals surface area contributed by atoms with Gasteiger partial charge < -0.3 is 14.6 Å². The van der Waals surface area contributed by atoms with Gasteiger partial charge in [-0.1, -0.05) is 26.2 Å². The Morgan fingerprint density at radius 2 is 1.89 bits per heavy atom. The standard InChI is InChI=1S/C13H26O5/c1-6-7-8-9-11(16-12(14)15)10(2)17-18-13(3,4)5/h10-11H,6-9H2,1-5H3,(H,14,15)/p-1. The molecule has 0 spiro atoms. The maximum Gasteiger partial charge on any atom is 0.252 e. The molecule has 108 valence electrons. The van der Waals surface area contributed by atoms with E-state index >= 15 is 0 Å². The molecule has 0 heterocycles. The molecule has 0 radical (unpaired) electrons. The first kappa shape index (κ1) is 17.2. The number of carbonyl (C=O) groups excluding carboxylic acids is 1. The van der Waals surface area contributed by atoms with Gasteiger partial charge in [-0.2, -0.15) is 0 Å². The summed E-state index contributed by atoms with van der Waals surface area (Å²) in [5, 5.41) is 10.5. The van der Waals surface area contributed by atoms with Crippen LogP contribution in [0.4, 0.5) is 4.79 Å². The molecule has 0 aromatic carbocycles. The van der Waals surface area contributed by atoms with E-state index in [1.54, 1.807) is 6.92 Å².